The second-order valence-corrected chi connectivity index (χ2v) is 12.9. The van der Waals surface area contributed by atoms with Gasteiger partial charge in [-0.2, -0.15) is 0 Å². The van der Waals surface area contributed by atoms with E-state index in [0.29, 0.717) is 5.82 Å². The molecular weight excluding hydrogens is 619 g/mol. The van der Waals surface area contributed by atoms with E-state index in [1.165, 1.54) is 27.1 Å². The fraction of sp³-hybridized carbons (Fsp3) is 0.0208. The van der Waals surface area contributed by atoms with Gasteiger partial charge in [0.15, 0.2) is 5.82 Å². The van der Waals surface area contributed by atoms with Crippen LogP contribution in [0, 0.1) is 6.92 Å². The molecule has 0 amide bonds. The van der Waals surface area contributed by atoms with Crippen molar-refractivity contribution in [2.45, 2.75) is 6.92 Å². The van der Waals surface area contributed by atoms with Crippen LogP contribution >= 0.6 is 0 Å². The summed E-state index contributed by atoms with van der Waals surface area (Å²) in [6.07, 6.45) is 1.94. The zero-order chi connectivity index (χ0) is 34.1. The van der Waals surface area contributed by atoms with Crippen LogP contribution in [0.3, 0.4) is 0 Å². The predicted molar refractivity (Wildman–Crippen MR) is 212 cm³/mol. The lowest BCUT2D eigenvalue weighted by Gasteiger charge is -2.15. The van der Waals surface area contributed by atoms with Gasteiger partial charge in [0.2, 0.25) is 0 Å². The molecule has 0 radical (unpaired) electrons. The molecule has 2 heterocycles. The molecule has 0 saturated carbocycles. The Bertz CT molecular complexity index is 2610. The van der Waals surface area contributed by atoms with Crippen LogP contribution in [0.25, 0.3) is 88.8 Å². The Morgan fingerprint density at radius 1 is 0.353 bits per heavy atom. The number of rotatable bonds is 6. The molecule has 0 unspecified atom stereocenters. The highest BCUT2D eigenvalue weighted by Gasteiger charge is 2.16. The lowest BCUT2D eigenvalue weighted by Crippen LogP contribution is -1.97. The Hall–Kier alpha value is -6.71. The van der Waals surface area contributed by atoms with E-state index in [4.69, 9.17) is 9.97 Å². The van der Waals surface area contributed by atoms with Gasteiger partial charge in [0.25, 0.3) is 0 Å². The van der Waals surface area contributed by atoms with Gasteiger partial charge in [0.1, 0.15) is 0 Å². The Balaban J connectivity index is 1.27. The largest absolute Gasteiger partial charge is 0.261 e. The quantitative estimate of drug-likeness (QED) is 0.168. The molecular formula is C48H33N3. The second kappa shape index (κ2) is 13.0. The third-order valence-corrected chi connectivity index (χ3v) is 9.60. The van der Waals surface area contributed by atoms with E-state index in [1.54, 1.807) is 0 Å². The van der Waals surface area contributed by atoms with Crippen molar-refractivity contribution in [1.82, 2.24) is 15.0 Å². The maximum atomic E-state index is 5.22. The lowest BCUT2D eigenvalue weighted by molar-refractivity contribution is 1.18. The average molecular weight is 652 g/mol. The Morgan fingerprint density at radius 2 is 0.882 bits per heavy atom. The first-order valence-corrected chi connectivity index (χ1v) is 17.3. The number of nitrogens with zero attached hydrogens (tertiary/aromatic N) is 3. The van der Waals surface area contributed by atoms with Gasteiger partial charge in [-0.1, -0.05) is 140 Å². The Kier molecular flexibility index (Phi) is 7.71. The molecule has 9 rings (SSSR count). The van der Waals surface area contributed by atoms with Crippen LogP contribution < -0.4 is 0 Å². The van der Waals surface area contributed by atoms with E-state index >= 15 is 0 Å². The highest BCUT2D eigenvalue weighted by atomic mass is 14.9. The first-order chi connectivity index (χ1) is 25.2. The summed E-state index contributed by atoms with van der Waals surface area (Å²) < 4.78 is 0. The summed E-state index contributed by atoms with van der Waals surface area (Å²) in [6.45, 7) is 2.01. The Morgan fingerprint density at radius 3 is 1.53 bits per heavy atom. The van der Waals surface area contributed by atoms with Crippen molar-refractivity contribution in [2.75, 3.05) is 0 Å². The molecule has 0 fully saturated rings. The maximum Gasteiger partial charge on any atom is 0.160 e. The van der Waals surface area contributed by atoms with Crippen LogP contribution in [0.15, 0.2) is 182 Å². The molecule has 7 aromatic carbocycles. The molecule has 3 heteroatoms. The van der Waals surface area contributed by atoms with Crippen molar-refractivity contribution >= 4 is 21.5 Å². The van der Waals surface area contributed by atoms with Crippen LogP contribution in [-0.4, -0.2) is 15.0 Å². The van der Waals surface area contributed by atoms with Crippen LogP contribution in [0.2, 0.25) is 0 Å². The third-order valence-electron chi connectivity index (χ3n) is 9.60. The number of aryl methyl sites for hydroxylation is 1. The molecule has 0 saturated heterocycles. The van der Waals surface area contributed by atoms with Crippen molar-refractivity contribution in [3.05, 3.63) is 188 Å². The molecule has 0 aliphatic rings. The zero-order valence-electron chi connectivity index (χ0n) is 28.2. The molecule has 240 valence electrons. The van der Waals surface area contributed by atoms with Crippen LogP contribution in [0.1, 0.15) is 5.69 Å². The molecule has 51 heavy (non-hydrogen) atoms. The van der Waals surface area contributed by atoms with Gasteiger partial charge >= 0.3 is 0 Å². The second-order valence-electron chi connectivity index (χ2n) is 12.9. The average Bonchev–Trinajstić information content (AvgIpc) is 3.21. The minimum Gasteiger partial charge on any atom is -0.261 e. The molecule has 2 aromatic heterocycles. The number of hydrogen-bond donors (Lipinski definition) is 0. The minimum absolute atomic E-state index is 0.686. The molecule has 0 spiro atoms. The molecule has 0 atom stereocenters. The summed E-state index contributed by atoms with van der Waals surface area (Å²) in [5, 5.41) is 4.91. The lowest BCUT2D eigenvalue weighted by atomic mass is 9.90. The van der Waals surface area contributed by atoms with Gasteiger partial charge < -0.3 is 0 Å². The summed E-state index contributed by atoms with van der Waals surface area (Å²) in [7, 11) is 0. The van der Waals surface area contributed by atoms with Crippen LogP contribution in [0.5, 0.6) is 0 Å². The Labute approximate surface area is 297 Å². The van der Waals surface area contributed by atoms with Gasteiger partial charge in [-0.25, -0.2) is 9.97 Å². The van der Waals surface area contributed by atoms with E-state index in [-0.39, 0.29) is 0 Å². The fourth-order valence-corrected chi connectivity index (χ4v) is 6.96. The predicted octanol–water partition coefficient (Wildman–Crippen LogP) is 12.5. The third kappa shape index (κ3) is 5.96. The number of aromatic nitrogens is 3. The van der Waals surface area contributed by atoms with Gasteiger partial charge in [0, 0.05) is 34.1 Å². The number of benzene rings is 7. The summed E-state index contributed by atoms with van der Waals surface area (Å²) in [5.41, 5.74) is 12.6. The van der Waals surface area contributed by atoms with Crippen molar-refractivity contribution in [2.24, 2.45) is 0 Å². The molecule has 0 aliphatic heterocycles. The van der Waals surface area contributed by atoms with E-state index in [1.807, 2.05) is 25.3 Å². The van der Waals surface area contributed by atoms with Gasteiger partial charge in [-0.05, 0) is 92.7 Å². The number of hydrogen-bond acceptors (Lipinski definition) is 3. The van der Waals surface area contributed by atoms with Crippen molar-refractivity contribution in [3.63, 3.8) is 0 Å². The van der Waals surface area contributed by atoms with E-state index in [0.717, 1.165) is 61.6 Å². The van der Waals surface area contributed by atoms with Gasteiger partial charge in [-0.3, -0.25) is 4.98 Å². The highest BCUT2D eigenvalue weighted by molar-refractivity contribution is 6.14. The van der Waals surface area contributed by atoms with Crippen molar-refractivity contribution in [1.29, 1.82) is 0 Å². The molecule has 9 aromatic rings. The fourth-order valence-electron chi connectivity index (χ4n) is 6.96. The smallest absolute Gasteiger partial charge is 0.160 e. The van der Waals surface area contributed by atoms with E-state index < -0.39 is 0 Å². The highest BCUT2D eigenvalue weighted by Crippen LogP contribution is 2.39. The van der Waals surface area contributed by atoms with Gasteiger partial charge in [-0.15, -0.1) is 0 Å². The summed E-state index contributed by atoms with van der Waals surface area (Å²) in [6, 6.07) is 62.2. The molecule has 0 bridgehead atoms. The standard InChI is InChI=1S/C48H33N3/c1-32-20-21-38(31-49-32)33-22-24-34(25-23-33)39-26-40(45-29-37-16-8-9-17-42(37)43-18-10-11-19-44(43)45)28-41(27-39)48-50-46(35-12-4-2-5-13-35)30-47(51-48)36-14-6-3-7-15-36/h2-31H,1H3. The first-order valence-electron chi connectivity index (χ1n) is 17.3. The number of pyridine rings is 1. The van der Waals surface area contributed by atoms with Crippen LogP contribution in [0.4, 0.5) is 0 Å². The van der Waals surface area contributed by atoms with Gasteiger partial charge in [0.05, 0.1) is 11.4 Å². The normalized spacial score (nSPS) is 11.2. The van der Waals surface area contributed by atoms with E-state index in [2.05, 4.69) is 169 Å². The summed E-state index contributed by atoms with van der Waals surface area (Å²) >= 11 is 0. The topological polar surface area (TPSA) is 38.7 Å². The van der Waals surface area contributed by atoms with Crippen molar-refractivity contribution in [3.8, 4) is 67.3 Å². The molecule has 0 N–H and O–H groups in total. The molecule has 0 aliphatic carbocycles. The maximum absolute atomic E-state index is 5.22. The minimum atomic E-state index is 0.686. The summed E-state index contributed by atoms with van der Waals surface area (Å²) in [4.78, 5) is 15.0. The number of fused-ring (bicyclic) bond motifs is 3. The zero-order valence-corrected chi connectivity index (χ0v) is 28.2. The van der Waals surface area contributed by atoms with Crippen molar-refractivity contribution < 1.29 is 0 Å². The SMILES string of the molecule is Cc1ccc(-c2ccc(-c3cc(-c4nc(-c5ccccc5)cc(-c5ccccc5)n4)cc(-c4cc5ccccc5c5ccccc45)c3)cc2)cn1. The first kappa shape index (κ1) is 30.4. The van der Waals surface area contributed by atoms with E-state index in [9.17, 15) is 0 Å². The molecule has 3 nitrogen and oxygen atoms in total. The van der Waals surface area contributed by atoms with Crippen LogP contribution in [-0.2, 0) is 0 Å². The summed E-state index contributed by atoms with van der Waals surface area (Å²) in [5.74, 6) is 0.686. The monoisotopic (exact) mass is 651 g/mol.